The molecule has 0 aromatic heterocycles. The van der Waals surface area contributed by atoms with Gasteiger partial charge in [-0.1, -0.05) is 18.2 Å². The Balaban J connectivity index is 1.96. The summed E-state index contributed by atoms with van der Waals surface area (Å²) >= 11 is 0. The van der Waals surface area contributed by atoms with E-state index in [0.29, 0.717) is 22.7 Å². The molecular formula is C15H20N4. The van der Waals surface area contributed by atoms with Crippen molar-refractivity contribution in [1.29, 1.82) is 0 Å². The number of anilines is 4. The number of para-hydroxylation sites is 1. The second-order valence-corrected chi connectivity index (χ2v) is 4.74. The van der Waals surface area contributed by atoms with Gasteiger partial charge in [0.2, 0.25) is 0 Å². The third kappa shape index (κ3) is 3.10. The van der Waals surface area contributed by atoms with Crippen LogP contribution < -0.4 is 22.9 Å². The minimum absolute atomic E-state index is 0.629. The van der Waals surface area contributed by atoms with Crippen LogP contribution in [0.5, 0.6) is 0 Å². The quantitative estimate of drug-likeness (QED) is 0.629. The van der Waals surface area contributed by atoms with Gasteiger partial charge in [-0.25, -0.2) is 0 Å². The maximum Gasteiger partial charge on any atom is 0.0580 e. The number of benzene rings is 2. The molecule has 4 heteroatoms. The minimum atomic E-state index is 0.629. The third-order valence-corrected chi connectivity index (χ3v) is 3.29. The van der Waals surface area contributed by atoms with Gasteiger partial charge in [-0.15, -0.1) is 0 Å². The minimum Gasteiger partial charge on any atom is -0.397 e. The predicted octanol–water partition coefficient (Wildman–Crippen LogP) is 2.19. The lowest BCUT2D eigenvalue weighted by Crippen LogP contribution is -2.01. The van der Waals surface area contributed by atoms with Gasteiger partial charge in [0.05, 0.1) is 22.7 Å². The van der Waals surface area contributed by atoms with Gasteiger partial charge >= 0.3 is 0 Å². The first-order chi connectivity index (χ1) is 9.08. The molecule has 2 rings (SSSR count). The molecule has 2 aromatic rings. The van der Waals surface area contributed by atoms with Crippen molar-refractivity contribution in [2.45, 2.75) is 19.3 Å². The Morgan fingerprint density at radius 1 is 0.737 bits per heavy atom. The van der Waals surface area contributed by atoms with Crippen LogP contribution in [0.2, 0.25) is 0 Å². The first-order valence-corrected chi connectivity index (χ1v) is 6.34. The highest BCUT2D eigenvalue weighted by atomic mass is 14.7. The highest BCUT2D eigenvalue weighted by Gasteiger charge is 2.03. The van der Waals surface area contributed by atoms with Crippen molar-refractivity contribution >= 4 is 22.7 Å². The van der Waals surface area contributed by atoms with E-state index in [1.807, 2.05) is 36.4 Å². The molecule has 0 saturated carbocycles. The predicted molar refractivity (Wildman–Crippen MR) is 82.6 cm³/mol. The van der Waals surface area contributed by atoms with E-state index in [1.54, 1.807) is 0 Å². The van der Waals surface area contributed by atoms with E-state index < -0.39 is 0 Å². The van der Waals surface area contributed by atoms with Crippen LogP contribution in [0.3, 0.4) is 0 Å². The molecule has 0 radical (unpaired) electrons. The number of nitrogens with two attached hydrogens (primary N) is 4. The van der Waals surface area contributed by atoms with Gasteiger partial charge < -0.3 is 22.9 Å². The van der Waals surface area contributed by atoms with Crippen molar-refractivity contribution < 1.29 is 0 Å². The molecule has 19 heavy (non-hydrogen) atoms. The van der Waals surface area contributed by atoms with E-state index in [9.17, 15) is 0 Å². The summed E-state index contributed by atoms with van der Waals surface area (Å²) in [6.07, 6.45) is 2.84. The molecule has 0 spiro atoms. The maximum atomic E-state index is 5.94. The van der Waals surface area contributed by atoms with E-state index in [-0.39, 0.29) is 0 Å². The fourth-order valence-corrected chi connectivity index (χ4v) is 2.11. The van der Waals surface area contributed by atoms with Crippen molar-refractivity contribution in [3.63, 3.8) is 0 Å². The molecule has 0 aliphatic rings. The van der Waals surface area contributed by atoms with Crippen LogP contribution >= 0.6 is 0 Å². The van der Waals surface area contributed by atoms with Gasteiger partial charge in [0, 0.05) is 0 Å². The number of nitrogen functional groups attached to an aromatic ring is 4. The summed E-state index contributed by atoms with van der Waals surface area (Å²) < 4.78 is 0. The van der Waals surface area contributed by atoms with E-state index in [4.69, 9.17) is 22.9 Å². The Morgan fingerprint density at radius 3 is 2.26 bits per heavy atom. The first kappa shape index (κ1) is 13.1. The average molecular weight is 256 g/mol. The lowest BCUT2D eigenvalue weighted by molar-refractivity contribution is 0.823. The van der Waals surface area contributed by atoms with Crippen molar-refractivity contribution in [2.24, 2.45) is 0 Å². The zero-order chi connectivity index (χ0) is 13.8. The number of rotatable bonds is 4. The second kappa shape index (κ2) is 5.52. The summed E-state index contributed by atoms with van der Waals surface area (Å²) in [5.74, 6) is 0. The van der Waals surface area contributed by atoms with Crippen LogP contribution in [-0.4, -0.2) is 0 Å². The van der Waals surface area contributed by atoms with Crippen molar-refractivity contribution in [3.8, 4) is 0 Å². The van der Waals surface area contributed by atoms with E-state index in [0.717, 1.165) is 24.8 Å². The number of aryl methyl sites for hydroxylation is 2. The Kier molecular flexibility index (Phi) is 3.80. The molecule has 4 nitrogen and oxygen atoms in total. The normalized spacial score (nSPS) is 10.5. The lowest BCUT2D eigenvalue weighted by Gasteiger charge is -2.08. The van der Waals surface area contributed by atoms with E-state index in [1.165, 1.54) is 5.56 Å². The molecule has 0 aliphatic heterocycles. The standard InChI is InChI=1S/C15H20N4/c16-12-8-7-10(9-14(12)18)3-1-4-11-5-2-6-13(17)15(11)19/h2,5-9H,1,3-4,16-19H2. The second-order valence-electron chi connectivity index (χ2n) is 4.74. The fourth-order valence-electron chi connectivity index (χ4n) is 2.11. The molecule has 2 aromatic carbocycles. The van der Waals surface area contributed by atoms with Gasteiger partial charge in [-0.3, -0.25) is 0 Å². The summed E-state index contributed by atoms with van der Waals surface area (Å²) in [4.78, 5) is 0. The van der Waals surface area contributed by atoms with Gasteiger partial charge in [-0.2, -0.15) is 0 Å². The summed E-state index contributed by atoms with van der Waals surface area (Å²) in [6, 6.07) is 11.6. The fraction of sp³-hybridized carbons (Fsp3) is 0.200. The monoisotopic (exact) mass is 256 g/mol. The van der Waals surface area contributed by atoms with Crippen LogP contribution in [0.25, 0.3) is 0 Å². The average Bonchev–Trinajstić information content (AvgIpc) is 2.39. The smallest absolute Gasteiger partial charge is 0.0580 e. The van der Waals surface area contributed by atoms with Crippen molar-refractivity contribution in [3.05, 3.63) is 47.5 Å². The SMILES string of the molecule is Nc1ccc(CCCc2cccc(N)c2N)cc1N. The summed E-state index contributed by atoms with van der Waals surface area (Å²) in [5, 5.41) is 0. The Bertz CT molecular complexity index is 578. The Hall–Kier alpha value is -2.36. The molecule has 0 amide bonds. The van der Waals surface area contributed by atoms with Crippen molar-refractivity contribution in [1.82, 2.24) is 0 Å². The van der Waals surface area contributed by atoms with E-state index >= 15 is 0 Å². The number of hydrogen-bond acceptors (Lipinski definition) is 4. The summed E-state index contributed by atoms with van der Waals surface area (Å²) in [5.41, 5.74) is 28.1. The van der Waals surface area contributed by atoms with Crippen LogP contribution in [0.1, 0.15) is 17.5 Å². The molecule has 0 unspecified atom stereocenters. The van der Waals surface area contributed by atoms with Crippen LogP contribution in [0.4, 0.5) is 22.7 Å². The zero-order valence-electron chi connectivity index (χ0n) is 10.9. The van der Waals surface area contributed by atoms with Crippen molar-refractivity contribution in [2.75, 3.05) is 22.9 Å². The molecule has 0 fully saturated rings. The highest BCUT2D eigenvalue weighted by Crippen LogP contribution is 2.22. The topological polar surface area (TPSA) is 104 Å². The Labute approximate surface area is 113 Å². The molecule has 0 atom stereocenters. The molecule has 0 saturated heterocycles. The molecule has 0 aliphatic carbocycles. The number of hydrogen-bond donors (Lipinski definition) is 4. The molecule has 8 N–H and O–H groups in total. The highest BCUT2D eigenvalue weighted by molar-refractivity contribution is 5.67. The summed E-state index contributed by atoms with van der Waals surface area (Å²) in [6.45, 7) is 0. The Morgan fingerprint density at radius 2 is 1.53 bits per heavy atom. The van der Waals surface area contributed by atoms with Crippen LogP contribution in [0, 0.1) is 0 Å². The maximum absolute atomic E-state index is 5.94. The first-order valence-electron chi connectivity index (χ1n) is 6.34. The van der Waals surface area contributed by atoms with Crippen LogP contribution in [-0.2, 0) is 12.8 Å². The van der Waals surface area contributed by atoms with Crippen LogP contribution in [0.15, 0.2) is 36.4 Å². The molecule has 0 bridgehead atoms. The van der Waals surface area contributed by atoms with Gasteiger partial charge in [-0.05, 0) is 48.6 Å². The molecule has 0 heterocycles. The zero-order valence-corrected chi connectivity index (χ0v) is 10.9. The van der Waals surface area contributed by atoms with Gasteiger partial charge in [0.15, 0.2) is 0 Å². The molecular weight excluding hydrogens is 236 g/mol. The van der Waals surface area contributed by atoms with Gasteiger partial charge in [0.1, 0.15) is 0 Å². The lowest BCUT2D eigenvalue weighted by atomic mass is 10.0. The summed E-state index contributed by atoms with van der Waals surface area (Å²) in [7, 11) is 0. The third-order valence-electron chi connectivity index (χ3n) is 3.29. The largest absolute Gasteiger partial charge is 0.397 e. The molecule has 100 valence electrons. The van der Waals surface area contributed by atoms with E-state index in [2.05, 4.69) is 0 Å². The van der Waals surface area contributed by atoms with Gasteiger partial charge in [0.25, 0.3) is 0 Å².